The van der Waals surface area contributed by atoms with Crippen LogP contribution in [0.3, 0.4) is 0 Å². The van der Waals surface area contributed by atoms with E-state index >= 15 is 0 Å². The van der Waals surface area contributed by atoms with Crippen molar-refractivity contribution in [3.8, 4) is 0 Å². The molecular formula is C17H23NO2. The summed E-state index contributed by atoms with van der Waals surface area (Å²) in [4.78, 5) is 13.4. The summed E-state index contributed by atoms with van der Waals surface area (Å²) >= 11 is 0. The van der Waals surface area contributed by atoms with Gasteiger partial charge in [-0.05, 0) is 41.9 Å². The van der Waals surface area contributed by atoms with Gasteiger partial charge in [0, 0.05) is 12.7 Å². The second-order valence-electron chi connectivity index (χ2n) is 6.48. The predicted molar refractivity (Wildman–Crippen MR) is 79.6 cm³/mol. The lowest BCUT2D eigenvalue weighted by atomic mass is 9.78. The summed E-state index contributed by atoms with van der Waals surface area (Å²) in [6.07, 6.45) is 4.74. The first kappa shape index (κ1) is 13.6. The Morgan fingerprint density at radius 1 is 1.25 bits per heavy atom. The first-order valence-corrected chi connectivity index (χ1v) is 7.63. The molecule has 3 nitrogen and oxygen atoms in total. The fourth-order valence-corrected chi connectivity index (χ4v) is 3.55. The fraction of sp³-hybridized carbons (Fsp3) is 0.588. The molecule has 0 radical (unpaired) electrons. The zero-order valence-corrected chi connectivity index (χ0v) is 12.3. The van der Waals surface area contributed by atoms with Crippen molar-refractivity contribution in [2.24, 2.45) is 11.8 Å². The van der Waals surface area contributed by atoms with Gasteiger partial charge in [-0.3, -0.25) is 4.79 Å². The average molecular weight is 273 g/mol. The second kappa shape index (κ2) is 5.21. The number of benzene rings is 1. The highest BCUT2D eigenvalue weighted by Crippen LogP contribution is 2.38. The van der Waals surface area contributed by atoms with Gasteiger partial charge in [-0.2, -0.15) is 0 Å². The van der Waals surface area contributed by atoms with Gasteiger partial charge in [-0.25, -0.2) is 0 Å². The average Bonchev–Trinajstić information content (AvgIpc) is 2.74. The molecule has 0 saturated heterocycles. The van der Waals surface area contributed by atoms with Crippen LogP contribution in [0.5, 0.6) is 0 Å². The number of aliphatic hydroxyl groups is 1. The maximum absolute atomic E-state index is 11.7. The maximum Gasteiger partial charge on any atom is 0.231 e. The number of anilines is 1. The number of aliphatic hydroxyl groups excluding tert-OH is 1. The number of likely N-dealkylation sites (N-methyl/N-ethyl adjacent to an activating group) is 1. The SMILES string of the molecule is CC1CCC(C(O)c2ccc3c(c2)CC(=O)N3C)CC1. The van der Waals surface area contributed by atoms with Crippen molar-refractivity contribution in [2.75, 3.05) is 11.9 Å². The molecule has 3 rings (SSSR count). The van der Waals surface area contributed by atoms with E-state index in [1.54, 1.807) is 4.90 Å². The first-order valence-electron chi connectivity index (χ1n) is 7.63. The van der Waals surface area contributed by atoms with Crippen molar-refractivity contribution in [3.63, 3.8) is 0 Å². The Labute approximate surface area is 120 Å². The molecule has 0 aromatic heterocycles. The van der Waals surface area contributed by atoms with Gasteiger partial charge in [0.05, 0.1) is 12.5 Å². The molecule has 1 saturated carbocycles. The number of carbonyl (C=O) groups excluding carboxylic acids is 1. The molecule has 1 aliphatic heterocycles. The molecular weight excluding hydrogens is 250 g/mol. The molecule has 1 fully saturated rings. The van der Waals surface area contributed by atoms with Gasteiger partial charge < -0.3 is 10.0 Å². The number of hydrogen-bond acceptors (Lipinski definition) is 2. The Morgan fingerprint density at radius 3 is 2.65 bits per heavy atom. The molecule has 108 valence electrons. The number of nitrogens with zero attached hydrogens (tertiary/aromatic N) is 1. The van der Waals surface area contributed by atoms with E-state index in [2.05, 4.69) is 6.92 Å². The molecule has 1 N–H and O–H groups in total. The van der Waals surface area contributed by atoms with Crippen molar-refractivity contribution in [1.29, 1.82) is 0 Å². The number of carbonyl (C=O) groups is 1. The van der Waals surface area contributed by atoms with E-state index in [0.29, 0.717) is 12.3 Å². The maximum atomic E-state index is 11.7. The lowest BCUT2D eigenvalue weighted by Crippen LogP contribution is -2.20. The molecule has 1 aliphatic carbocycles. The minimum absolute atomic E-state index is 0.137. The predicted octanol–water partition coefficient (Wildman–Crippen LogP) is 3.07. The lowest BCUT2D eigenvalue weighted by molar-refractivity contribution is -0.117. The molecule has 1 atom stereocenters. The summed E-state index contributed by atoms with van der Waals surface area (Å²) in [5.74, 6) is 1.31. The van der Waals surface area contributed by atoms with E-state index in [-0.39, 0.29) is 12.0 Å². The van der Waals surface area contributed by atoms with E-state index in [4.69, 9.17) is 0 Å². The quantitative estimate of drug-likeness (QED) is 0.899. The summed E-state index contributed by atoms with van der Waals surface area (Å²) in [5.41, 5.74) is 3.02. The molecule has 20 heavy (non-hydrogen) atoms. The van der Waals surface area contributed by atoms with Gasteiger partial charge in [0.25, 0.3) is 0 Å². The summed E-state index contributed by atoms with van der Waals surface area (Å²) in [6, 6.07) is 5.99. The third-order valence-electron chi connectivity index (χ3n) is 5.03. The second-order valence-corrected chi connectivity index (χ2v) is 6.48. The van der Waals surface area contributed by atoms with Crippen LogP contribution in [0.15, 0.2) is 18.2 Å². The zero-order chi connectivity index (χ0) is 14.3. The van der Waals surface area contributed by atoms with Gasteiger partial charge in [0.2, 0.25) is 5.91 Å². The van der Waals surface area contributed by atoms with Gasteiger partial charge in [0.15, 0.2) is 0 Å². The molecule has 2 aliphatic rings. The van der Waals surface area contributed by atoms with E-state index in [9.17, 15) is 9.90 Å². The molecule has 0 spiro atoms. The largest absolute Gasteiger partial charge is 0.388 e. The Kier molecular flexibility index (Phi) is 3.55. The van der Waals surface area contributed by atoms with Gasteiger partial charge in [0.1, 0.15) is 0 Å². The Balaban J connectivity index is 1.78. The zero-order valence-electron chi connectivity index (χ0n) is 12.3. The van der Waals surface area contributed by atoms with Crippen molar-refractivity contribution < 1.29 is 9.90 Å². The monoisotopic (exact) mass is 273 g/mol. The van der Waals surface area contributed by atoms with Crippen LogP contribution in [0.1, 0.15) is 49.8 Å². The Morgan fingerprint density at radius 2 is 1.95 bits per heavy atom. The van der Waals surface area contributed by atoms with E-state index < -0.39 is 0 Å². The molecule has 1 unspecified atom stereocenters. The van der Waals surface area contributed by atoms with Gasteiger partial charge in [-0.1, -0.05) is 31.9 Å². The van der Waals surface area contributed by atoms with Crippen LogP contribution in [0.2, 0.25) is 0 Å². The van der Waals surface area contributed by atoms with Crippen LogP contribution in [0.25, 0.3) is 0 Å². The molecule has 1 aromatic carbocycles. The van der Waals surface area contributed by atoms with Gasteiger partial charge >= 0.3 is 0 Å². The molecule has 1 amide bonds. The number of rotatable bonds is 2. The van der Waals surface area contributed by atoms with E-state index in [1.807, 2.05) is 25.2 Å². The van der Waals surface area contributed by atoms with Crippen LogP contribution in [0.4, 0.5) is 5.69 Å². The molecule has 1 aromatic rings. The normalized spacial score (nSPS) is 27.6. The standard InChI is InChI=1S/C17H23NO2/c1-11-3-5-12(6-4-11)17(20)13-7-8-15-14(9-13)10-16(19)18(15)2/h7-9,11-12,17,20H,3-6,10H2,1-2H3. The third-order valence-corrected chi connectivity index (χ3v) is 5.03. The summed E-state index contributed by atoms with van der Waals surface area (Å²) < 4.78 is 0. The lowest BCUT2D eigenvalue weighted by Gasteiger charge is -2.30. The molecule has 0 bridgehead atoms. The highest BCUT2D eigenvalue weighted by molar-refractivity contribution is 6.00. The van der Waals surface area contributed by atoms with Crippen LogP contribution >= 0.6 is 0 Å². The van der Waals surface area contributed by atoms with Crippen LogP contribution in [-0.2, 0) is 11.2 Å². The van der Waals surface area contributed by atoms with Crippen molar-refractivity contribution >= 4 is 11.6 Å². The third kappa shape index (κ3) is 2.35. The summed E-state index contributed by atoms with van der Waals surface area (Å²) in [5, 5.41) is 10.6. The highest BCUT2D eigenvalue weighted by Gasteiger charge is 2.28. The van der Waals surface area contributed by atoms with Gasteiger partial charge in [-0.15, -0.1) is 0 Å². The topological polar surface area (TPSA) is 40.5 Å². The number of fused-ring (bicyclic) bond motifs is 1. The van der Waals surface area contributed by atoms with Crippen molar-refractivity contribution in [1.82, 2.24) is 0 Å². The number of hydrogen-bond donors (Lipinski definition) is 1. The summed E-state index contributed by atoms with van der Waals surface area (Å²) in [6.45, 7) is 2.29. The van der Waals surface area contributed by atoms with E-state index in [1.165, 1.54) is 12.8 Å². The highest BCUT2D eigenvalue weighted by atomic mass is 16.3. The van der Waals surface area contributed by atoms with Crippen LogP contribution in [0, 0.1) is 11.8 Å². The molecule has 3 heteroatoms. The molecule has 1 heterocycles. The minimum Gasteiger partial charge on any atom is -0.388 e. The minimum atomic E-state index is -0.381. The van der Waals surface area contributed by atoms with Crippen LogP contribution in [-0.4, -0.2) is 18.1 Å². The smallest absolute Gasteiger partial charge is 0.231 e. The first-order chi connectivity index (χ1) is 9.56. The number of amides is 1. The Hall–Kier alpha value is -1.35. The van der Waals surface area contributed by atoms with Crippen molar-refractivity contribution in [3.05, 3.63) is 29.3 Å². The van der Waals surface area contributed by atoms with E-state index in [0.717, 1.165) is 35.6 Å². The van der Waals surface area contributed by atoms with Crippen LogP contribution < -0.4 is 4.90 Å². The fourth-order valence-electron chi connectivity index (χ4n) is 3.55. The summed E-state index contributed by atoms with van der Waals surface area (Å²) in [7, 11) is 1.81. The Bertz CT molecular complexity index is 518. The van der Waals surface area contributed by atoms with Crippen molar-refractivity contribution in [2.45, 2.75) is 45.1 Å².